The number of fused-ring (bicyclic) bond motifs is 1. The van der Waals surface area contributed by atoms with E-state index in [9.17, 15) is 14.3 Å². The summed E-state index contributed by atoms with van der Waals surface area (Å²) in [7, 11) is 0. The van der Waals surface area contributed by atoms with Gasteiger partial charge in [0, 0.05) is 6.54 Å². The van der Waals surface area contributed by atoms with Crippen molar-refractivity contribution in [2.24, 2.45) is 0 Å². The first kappa shape index (κ1) is 17.3. The van der Waals surface area contributed by atoms with E-state index < -0.39 is 0 Å². The van der Waals surface area contributed by atoms with Gasteiger partial charge in [0.15, 0.2) is 18.1 Å². The van der Waals surface area contributed by atoms with Crippen LogP contribution in [0.4, 0.5) is 4.39 Å². The number of aromatic amines is 1. The highest BCUT2D eigenvalue weighted by atomic mass is 19.1. The number of aromatic hydroxyl groups is 1. The maximum absolute atomic E-state index is 13.4. The number of piperidine rings is 1. The third kappa shape index (κ3) is 3.58. The number of carbonyl (C=O) groups excluding carboxylic acids is 1. The molecule has 1 amide bonds. The number of nitrogens with zero attached hydrogens (tertiary/aromatic N) is 2. The third-order valence-electron chi connectivity index (χ3n) is 4.82. The zero-order chi connectivity index (χ0) is 18.8. The molecule has 1 aromatic heterocycles. The second kappa shape index (κ2) is 7.26. The Bertz CT molecular complexity index is 972. The van der Waals surface area contributed by atoms with E-state index >= 15 is 0 Å². The Morgan fingerprint density at radius 2 is 2.15 bits per heavy atom. The molecular weight excluding hydrogens is 349 g/mol. The summed E-state index contributed by atoms with van der Waals surface area (Å²) >= 11 is 0. The van der Waals surface area contributed by atoms with Crippen LogP contribution in [-0.4, -0.2) is 39.0 Å². The van der Waals surface area contributed by atoms with Crippen molar-refractivity contribution >= 4 is 16.9 Å². The van der Waals surface area contributed by atoms with E-state index in [-0.39, 0.29) is 35.9 Å². The van der Waals surface area contributed by atoms with Crippen LogP contribution in [0.1, 0.15) is 31.1 Å². The molecule has 2 N–H and O–H groups in total. The molecule has 2 aromatic carbocycles. The monoisotopic (exact) mass is 369 g/mol. The number of hydrogen-bond acceptors (Lipinski definition) is 4. The van der Waals surface area contributed by atoms with Gasteiger partial charge >= 0.3 is 0 Å². The summed E-state index contributed by atoms with van der Waals surface area (Å²) in [6.07, 6.45) is 2.68. The van der Waals surface area contributed by atoms with Gasteiger partial charge in [-0.3, -0.25) is 4.79 Å². The number of ether oxygens (including phenoxy) is 1. The summed E-state index contributed by atoms with van der Waals surface area (Å²) in [5.74, 6) is 0.435. The van der Waals surface area contributed by atoms with Gasteiger partial charge in [0.1, 0.15) is 11.6 Å². The van der Waals surface area contributed by atoms with Crippen LogP contribution in [0.3, 0.4) is 0 Å². The molecule has 2 heterocycles. The molecule has 27 heavy (non-hydrogen) atoms. The van der Waals surface area contributed by atoms with Crippen LogP contribution in [0.15, 0.2) is 42.5 Å². The Balaban J connectivity index is 1.52. The van der Waals surface area contributed by atoms with Crippen molar-refractivity contribution in [2.75, 3.05) is 13.2 Å². The molecule has 0 aliphatic carbocycles. The maximum Gasteiger partial charge on any atom is 0.261 e. The lowest BCUT2D eigenvalue weighted by atomic mass is 10.0. The number of phenolic OH excluding ortho intramolecular Hbond substituents is 1. The van der Waals surface area contributed by atoms with E-state index in [0.29, 0.717) is 23.4 Å². The number of para-hydroxylation sites is 2. The number of hydrogen-bond donors (Lipinski definition) is 2. The van der Waals surface area contributed by atoms with Gasteiger partial charge in [0.25, 0.3) is 5.91 Å². The number of aromatic nitrogens is 2. The molecule has 1 saturated heterocycles. The van der Waals surface area contributed by atoms with Gasteiger partial charge in [-0.25, -0.2) is 9.37 Å². The Morgan fingerprint density at radius 3 is 3.00 bits per heavy atom. The molecular formula is C20H20FN3O3. The second-order valence-corrected chi connectivity index (χ2v) is 6.64. The van der Waals surface area contributed by atoms with E-state index in [2.05, 4.69) is 9.97 Å². The summed E-state index contributed by atoms with van der Waals surface area (Å²) in [5, 5.41) is 9.77. The van der Waals surface area contributed by atoms with Crippen LogP contribution in [0.2, 0.25) is 0 Å². The number of benzene rings is 2. The van der Waals surface area contributed by atoms with Crippen molar-refractivity contribution in [1.82, 2.24) is 14.9 Å². The summed E-state index contributed by atoms with van der Waals surface area (Å²) < 4.78 is 18.9. The number of nitrogens with one attached hydrogen (secondary N) is 1. The van der Waals surface area contributed by atoms with Gasteiger partial charge in [0.2, 0.25) is 0 Å². The standard InChI is InChI=1S/C20H20FN3O3/c21-13-8-9-14-15(11-13)23-20(22-14)16-5-3-4-10-24(16)19(26)12-27-18-7-2-1-6-17(18)25/h1-2,6-9,11,16,25H,3-5,10,12H2,(H,22,23)/t16-/m0/s1. The Morgan fingerprint density at radius 1 is 1.30 bits per heavy atom. The van der Waals surface area contributed by atoms with E-state index in [4.69, 9.17) is 4.74 Å². The largest absolute Gasteiger partial charge is 0.504 e. The Kier molecular flexibility index (Phi) is 4.66. The van der Waals surface area contributed by atoms with Gasteiger partial charge in [0.05, 0.1) is 17.1 Å². The molecule has 0 saturated carbocycles. The average Bonchev–Trinajstić information content (AvgIpc) is 3.10. The lowest BCUT2D eigenvalue weighted by molar-refractivity contribution is -0.137. The number of phenols is 1. The molecule has 1 atom stereocenters. The normalized spacial score (nSPS) is 17.2. The number of imidazole rings is 1. The molecule has 3 aromatic rings. The Hall–Kier alpha value is -3.09. The fourth-order valence-corrected chi connectivity index (χ4v) is 3.48. The van der Waals surface area contributed by atoms with Crippen molar-refractivity contribution in [1.29, 1.82) is 0 Å². The fraction of sp³-hybridized carbons (Fsp3) is 0.300. The minimum atomic E-state index is -0.328. The topological polar surface area (TPSA) is 78.5 Å². The first-order chi connectivity index (χ1) is 13.1. The van der Waals surface area contributed by atoms with E-state index in [1.54, 1.807) is 29.2 Å². The highest BCUT2D eigenvalue weighted by molar-refractivity contribution is 5.79. The lowest BCUT2D eigenvalue weighted by Gasteiger charge is -2.34. The number of likely N-dealkylation sites (tertiary alicyclic amines) is 1. The molecule has 4 rings (SSSR count). The van der Waals surface area contributed by atoms with Crippen LogP contribution in [0.5, 0.6) is 11.5 Å². The van der Waals surface area contributed by atoms with Crippen molar-refractivity contribution in [3.8, 4) is 11.5 Å². The first-order valence-electron chi connectivity index (χ1n) is 8.97. The zero-order valence-corrected chi connectivity index (χ0v) is 14.7. The molecule has 1 aliphatic rings. The molecule has 0 radical (unpaired) electrons. The number of H-pyrrole nitrogens is 1. The first-order valence-corrected chi connectivity index (χ1v) is 8.97. The highest BCUT2D eigenvalue weighted by Crippen LogP contribution is 2.31. The van der Waals surface area contributed by atoms with Gasteiger partial charge in [-0.1, -0.05) is 12.1 Å². The Labute approximate surface area is 155 Å². The van der Waals surface area contributed by atoms with Gasteiger partial charge in [-0.05, 0) is 49.6 Å². The smallest absolute Gasteiger partial charge is 0.261 e. The van der Waals surface area contributed by atoms with Crippen LogP contribution in [0, 0.1) is 5.82 Å². The molecule has 6 nitrogen and oxygen atoms in total. The molecule has 1 fully saturated rings. The van der Waals surface area contributed by atoms with Gasteiger partial charge in [-0.15, -0.1) is 0 Å². The van der Waals surface area contributed by atoms with E-state index in [1.807, 2.05) is 0 Å². The van der Waals surface area contributed by atoms with Crippen molar-refractivity contribution in [3.05, 3.63) is 54.1 Å². The van der Waals surface area contributed by atoms with Gasteiger partial charge in [-0.2, -0.15) is 0 Å². The van der Waals surface area contributed by atoms with E-state index in [0.717, 1.165) is 19.3 Å². The predicted octanol–water partition coefficient (Wildman–Crippen LogP) is 3.54. The fourth-order valence-electron chi connectivity index (χ4n) is 3.48. The number of rotatable bonds is 4. The number of carbonyl (C=O) groups is 1. The van der Waals surface area contributed by atoms with Gasteiger partial charge < -0.3 is 19.7 Å². The van der Waals surface area contributed by atoms with Crippen LogP contribution in [0.25, 0.3) is 11.0 Å². The molecule has 0 unspecified atom stereocenters. The SMILES string of the molecule is O=C(COc1ccccc1O)N1CCCC[C@H]1c1nc2ccc(F)cc2[nH]1. The minimum absolute atomic E-state index is 0.000181. The zero-order valence-electron chi connectivity index (χ0n) is 14.7. The van der Waals surface area contributed by atoms with Crippen LogP contribution >= 0.6 is 0 Å². The molecule has 140 valence electrons. The van der Waals surface area contributed by atoms with Crippen molar-refractivity contribution < 1.29 is 19.0 Å². The number of amides is 1. The summed E-state index contributed by atoms with van der Waals surface area (Å²) in [4.78, 5) is 22.2. The summed E-state index contributed by atoms with van der Waals surface area (Å²) in [6, 6.07) is 10.8. The second-order valence-electron chi connectivity index (χ2n) is 6.64. The summed E-state index contributed by atoms with van der Waals surface area (Å²) in [5.41, 5.74) is 1.29. The average molecular weight is 369 g/mol. The summed E-state index contributed by atoms with van der Waals surface area (Å²) in [6.45, 7) is 0.446. The quantitative estimate of drug-likeness (QED) is 0.737. The molecule has 7 heteroatoms. The highest BCUT2D eigenvalue weighted by Gasteiger charge is 2.30. The number of halogens is 1. The molecule has 1 aliphatic heterocycles. The predicted molar refractivity (Wildman–Crippen MR) is 98.0 cm³/mol. The maximum atomic E-state index is 13.4. The minimum Gasteiger partial charge on any atom is -0.504 e. The van der Waals surface area contributed by atoms with E-state index in [1.165, 1.54) is 18.2 Å². The molecule has 0 spiro atoms. The third-order valence-corrected chi connectivity index (χ3v) is 4.82. The molecule has 0 bridgehead atoms. The van der Waals surface area contributed by atoms with Crippen LogP contribution in [-0.2, 0) is 4.79 Å². The van der Waals surface area contributed by atoms with Crippen molar-refractivity contribution in [3.63, 3.8) is 0 Å². The van der Waals surface area contributed by atoms with Crippen molar-refractivity contribution in [2.45, 2.75) is 25.3 Å². The van der Waals surface area contributed by atoms with Crippen LogP contribution < -0.4 is 4.74 Å². The lowest BCUT2D eigenvalue weighted by Crippen LogP contribution is -2.41.